The van der Waals surface area contributed by atoms with E-state index in [1.165, 1.54) is 16.2 Å². The predicted octanol–water partition coefficient (Wildman–Crippen LogP) is 3.97. The summed E-state index contributed by atoms with van der Waals surface area (Å²) in [5.41, 5.74) is 0.490. The van der Waals surface area contributed by atoms with E-state index in [0.717, 1.165) is 10.4 Å². The van der Waals surface area contributed by atoms with E-state index < -0.39 is 23.7 Å². The van der Waals surface area contributed by atoms with Gasteiger partial charge in [0.2, 0.25) is 0 Å². The SMILES string of the molecule is COc1ccc(C(=O)OC(C)(C)C2c3sccc3CCN2C(=O)O)cc1. The zero-order valence-electron chi connectivity index (χ0n) is 14.9. The molecule has 138 valence electrons. The zero-order valence-corrected chi connectivity index (χ0v) is 15.7. The Morgan fingerprint density at radius 3 is 2.54 bits per heavy atom. The van der Waals surface area contributed by atoms with Gasteiger partial charge in [0.25, 0.3) is 0 Å². The van der Waals surface area contributed by atoms with E-state index in [-0.39, 0.29) is 0 Å². The first-order chi connectivity index (χ1) is 12.3. The predicted molar refractivity (Wildman–Crippen MR) is 98.0 cm³/mol. The Morgan fingerprint density at radius 2 is 1.92 bits per heavy atom. The van der Waals surface area contributed by atoms with Crippen LogP contribution in [0.3, 0.4) is 0 Å². The third-order valence-corrected chi connectivity index (χ3v) is 5.56. The maximum Gasteiger partial charge on any atom is 0.407 e. The van der Waals surface area contributed by atoms with Crippen LogP contribution in [0.25, 0.3) is 0 Å². The van der Waals surface area contributed by atoms with Crippen molar-refractivity contribution in [3.63, 3.8) is 0 Å². The average molecular weight is 375 g/mol. The molecule has 26 heavy (non-hydrogen) atoms. The molecule has 0 saturated carbocycles. The van der Waals surface area contributed by atoms with Gasteiger partial charge in [-0.25, -0.2) is 9.59 Å². The minimum atomic E-state index is -1.02. The van der Waals surface area contributed by atoms with E-state index in [1.54, 1.807) is 45.2 Å². The Kier molecular flexibility index (Phi) is 4.91. The number of rotatable bonds is 4. The number of esters is 1. The van der Waals surface area contributed by atoms with Gasteiger partial charge in [0, 0.05) is 11.4 Å². The summed E-state index contributed by atoms with van der Waals surface area (Å²) in [7, 11) is 1.55. The molecule has 0 bridgehead atoms. The highest BCUT2D eigenvalue weighted by atomic mass is 32.1. The molecule has 0 spiro atoms. The van der Waals surface area contributed by atoms with E-state index >= 15 is 0 Å². The summed E-state index contributed by atoms with van der Waals surface area (Å²) in [6.07, 6.45) is -0.341. The third-order valence-electron chi connectivity index (χ3n) is 4.55. The Bertz CT molecular complexity index is 812. The molecule has 1 N–H and O–H groups in total. The lowest BCUT2D eigenvalue weighted by Crippen LogP contribution is -2.50. The van der Waals surface area contributed by atoms with Crippen molar-refractivity contribution in [1.29, 1.82) is 0 Å². The van der Waals surface area contributed by atoms with Gasteiger partial charge in [0.05, 0.1) is 12.7 Å². The highest BCUT2D eigenvalue weighted by molar-refractivity contribution is 7.10. The number of thiophene rings is 1. The number of carbonyl (C=O) groups is 2. The molecule has 2 aromatic rings. The first kappa shape index (κ1) is 18.3. The Morgan fingerprint density at radius 1 is 1.23 bits per heavy atom. The molecule has 0 aliphatic carbocycles. The molecule has 7 heteroatoms. The van der Waals surface area contributed by atoms with Crippen LogP contribution in [0.15, 0.2) is 35.7 Å². The Balaban J connectivity index is 1.87. The van der Waals surface area contributed by atoms with E-state index in [1.807, 2.05) is 11.4 Å². The van der Waals surface area contributed by atoms with Crippen molar-refractivity contribution in [3.8, 4) is 5.75 Å². The summed E-state index contributed by atoms with van der Waals surface area (Å²) >= 11 is 1.50. The van der Waals surface area contributed by atoms with Crippen LogP contribution in [0.2, 0.25) is 0 Å². The van der Waals surface area contributed by atoms with E-state index in [4.69, 9.17) is 9.47 Å². The summed E-state index contributed by atoms with van der Waals surface area (Å²) in [4.78, 5) is 26.6. The van der Waals surface area contributed by atoms with Gasteiger partial charge < -0.3 is 14.6 Å². The van der Waals surface area contributed by atoms with E-state index in [9.17, 15) is 14.7 Å². The minimum Gasteiger partial charge on any atom is -0.497 e. The zero-order chi connectivity index (χ0) is 18.9. The topological polar surface area (TPSA) is 76.1 Å². The molecular weight excluding hydrogens is 354 g/mol. The number of amides is 1. The van der Waals surface area contributed by atoms with Gasteiger partial charge in [-0.3, -0.25) is 4.90 Å². The first-order valence-electron chi connectivity index (χ1n) is 8.26. The fraction of sp³-hybridized carbons (Fsp3) is 0.368. The Hall–Kier alpha value is -2.54. The molecule has 1 aromatic heterocycles. The normalized spacial score (nSPS) is 16.7. The van der Waals surface area contributed by atoms with E-state index in [0.29, 0.717) is 24.3 Å². The molecule has 1 aliphatic heterocycles. The summed E-state index contributed by atoms with van der Waals surface area (Å²) in [5.74, 6) is 0.153. The van der Waals surface area contributed by atoms with Gasteiger partial charge in [0.15, 0.2) is 0 Å². The molecule has 0 fully saturated rings. The lowest BCUT2D eigenvalue weighted by Gasteiger charge is -2.42. The molecule has 6 nitrogen and oxygen atoms in total. The van der Waals surface area contributed by atoms with Gasteiger partial charge in [-0.15, -0.1) is 11.3 Å². The maximum absolute atomic E-state index is 12.6. The number of fused-ring (bicyclic) bond motifs is 1. The van der Waals surface area contributed by atoms with Crippen molar-refractivity contribution in [2.45, 2.75) is 31.9 Å². The summed E-state index contributed by atoms with van der Waals surface area (Å²) in [6, 6.07) is 8.10. The van der Waals surface area contributed by atoms with Crippen LogP contribution in [-0.4, -0.2) is 41.3 Å². The Labute approximate surface area is 156 Å². The smallest absolute Gasteiger partial charge is 0.407 e. The van der Waals surface area contributed by atoms with Crippen molar-refractivity contribution in [2.75, 3.05) is 13.7 Å². The summed E-state index contributed by atoms with van der Waals surface area (Å²) < 4.78 is 10.9. The van der Waals surface area contributed by atoms with Crippen molar-refractivity contribution >= 4 is 23.4 Å². The quantitative estimate of drug-likeness (QED) is 0.819. The second-order valence-electron chi connectivity index (χ2n) is 6.66. The van der Waals surface area contributed by atoms with Gasteiger partial charge in [-0.1, -0.05) is 0 Å². The fourth-order valence-corrected chi connectivity index (χ4v) is 4.52. The number of hydrogen-bond acceptors (Lipinski definition) is 5. The van der Waals surface area contributed by atoms with Crippen LogP contribution in [0.5, 0.6) is 5.75 Å². The number of carbonyl (C=O) groups excluding carboxylic acids is 1. The van der Waals surface area contributed by atoms with Crippen LogP contribution in [0.1, 0.15) is 40.7 Å². The average Bonchev–Trinajstić information content (AvgIpc) is 3.08. The third kappa shape index (κ3) is 3.39. The summed E-state index contributed by atoms with van der Waals surface area (Å²) in [5, 5.41) is 11.6. The van der Waals surface area contributed by atoms with Gasteiger partial charge in [-0.2, -0.15) is 0 Å². The highest BCUT2D eigenvalue weighted by Crippen LogP contribution is 2.42. The standard InChI is InChI=1S/C19H21NO5S/c1-19(2,25-17(21)13-4-6-14(24-3)7-5-13)16-15-12(9-11-26-15)8-10-20(16)18(22)23/h4-7,9,11,16H,8,10H2,1-3H3,(H,22,23). The maximum atomic E-state index is 12.6. The van der Waals surface area contributed by atoms with Crippen LogP contribution < -0.4 is 4.74 Å². The molecule has 0 saturated heterocycles. The van der Waals surface area contributed by atoms with Crippen LogP contribution >= 0.6 is 11.3 Å². The van der Waals surface area contributed by atoms with Gasteiger partial charge in [0.1, 0.15) is 17.4 Å². The number of benzene rings is 1. The molecule has 1 unspecified atom stereocenters. The lowest BCUT2D eigenvalue weighted by molar-refractivity contribution is -0.0468. The molecule has 1 aliphatic rings. The van der Waals surface area contributed by atoms with Crippen molar-refractivity contribution in [1.82, 2.24) is 4.90 Å². The van der Waals surface area contributed by atoms with Crippen LogP contribution in [-0.2, 0) is 11.2 Å². The number of nitrogens with zero attached hydrogens (tertiary/aromatic N) is 1. The second kappa shape index (κ2) is 6.99. The molecule has 0 radical (unpaired) electrons. The minimum absolute atomic E-state index is 0.382. The molecule has 1 aromatic carbocycles. The molecule has 3 rings (SSSR count). The highest BCUT2D eigenvalue weighted by Gasteiger charge is 2.44. The number of carboxylic acid groups (broad SMARTS) is 1. The second-order valence-corrected chi connectivity index (χ2v) is 7.61. The van der Waals surface area contributed by atoms with E-state index in [2.05, 4.69) is 0 Å². The fourth-order valence-electron chi connectivity index (χ4n) is 3.28. The lowest BCUT2D eigenvalue weighted by atomic mass is 9.89. The van der Waals surface area contributed by atoms with Gasteiger partial charge in [-0.05, 0) is 61.5 Å². The molecule has 2 heterocycles. The number of methoxy groups -OCH3 is 1. The molecular formula is C19H21NO5S. The van der Waals surface area contributed by atoms with Crippen LogP contribution in [0, 0.1) is 0 Å². The molecule has 1 atom stereocenters. The van der Waals surface area contributed by atoms with Crippen molar-refractivity contribution in [2.24, 2.45) is 0 Å². The van der Waals surface area contributed by atoms with Crippen LogP contribution in [0.4, 0.5) is 4.79 Å². The first-order valence-corrected chi connectivity index (χ1v) is 9.14. The van der Waals surface area contributed by atoms with Crippen molar-refractivity contribution < 1.29 is 24.2 Å². The van der Waals surface area contributed by atoms with Crippen molar-refractivity contribution in [3.05, 3.63) is 51.7 Å². The monoisotopic (exact) mass is 375 g/mol. The van der Waals surface area contributed by atoms with Gasteiger partial charge >= 0.3 is 12.1 Å². The largest absolute Gasteiger partial charge is 0.497 e. The number of hydrogen-bond donors (Lipinski definition) is 1. The number of ether oxygens (including phenoxy) is 2. The molecule has 1 amide bonds. The summed E-state index contributed by atoms with van der Waals surface area (Å²) in [6.45, 7) is 3.89.